The molecule has 0 aliphatic carbocycles. The second kappa shape index (κ2) is 8.54. The molecule has 0 aliphatic rings. The first-order valence-corrected chi connectivity index (χ1v) is 9.93. The SMILES string of the molecule is CCN(CC(=O)Nc1c(Cl)cccc1Cl)S(=O)(=O)c1ccc(F)c(Cl)c1. The number of nitrogens with one attached hydrogen (secondary N) is 1. The highest BCUT2D eigenvalue weighted by atomic mass is 35.5. The minimum Gasteiger partial charge on any atom is -0.322 e. The molecule has 10 heteroatoms. The van der Waals surface area contributed by atoms with E-state index < -0.39 is 28.3 Å². The third-order valence-corrected chi connectivity index (χ3v) is 6.27. The maximum absolute atomic E-state index is 13.3. The Hall–Kier alpha value is -1.38. The highest BCUT2D eigenvalue weighted by Gasteiger charge is 2.26. The number of para-hydroxylation sites is 1. The van der Waals surface area contributed by atoms with Crippen LogP contribution in [-0.2, 0) is 14.8 Å². The van der Waals surface area contributed by atoms with Crippen LogP contribution in [0.3, 0.4) is 0 Å². The second-order valence-electron chi connectivity index (χ2n) is 5.15. The van der Waals surface area contributed by atoms with Crippen LogP contribution in [0.4, 0.5) is 10.1 Å². The number of sulfonamides is 1. The van der Waals surface area contributed by atoms with Crippen molar-refractivity contribution < 1.29 is 17.6 Å². The van der Waals surface area contributed by atoms with Crippen molar-refractivity contribution in [2.24, 2.45) is 0 Å². The van der Waals surface area contributed by atoms with E-state index in [-0.39, 0.29) is 32.2 Å². The van der Waals surface area contributed by atoms with E-state index in [0.29, 0.717) is 0 Å². The minimum absolute atomic E-state index is 0.0149. The molecule has 2 rings (SSSR count). The van der Waals surface area contributed by atoms with E-state index in [1.54, 1.807) is 13.0 Å². The molecule has 2 aromatic carbocycles. The van der Waals surface area contributed by atoms with Gasteiger partial charge in [-0.25, -0.2) is 12.8 Å². The zero-order valence-electron chi connectivity index (χ0n) is 13.5. The number of amides is 1. The molecule has 1 N–H and O–H groups in total. The maximum Gasteiger partial charge on any atom is 0.243 e. The molecular weight excluding hydrogens is 426 g/mol. The van der Waals surface area contributed by atoms with Crippen molar-refractivity contribution in [3.05, 3.63) is 57.3 Å². The maximum atomic E-state index is 13.3. The van der Waals surface area contributed by atoms with Gasteiger partial charge in [-0.15, -0.1) is 0 Å². The normalized spacial score (nSPS) is 11.6. The van der Waals surface area contributed by atoms with Crippen molar-refractivity contribution in [1.29, 1.82) is 0 Å². The fraction of sp³-hybridized carbons (Fsp3) is 0.188. The van der Waals surface area contributed by atoms with Gasteiger partial charge in [0.1, 0.15) is 5.82 Å². The first kappa shape index (κ1) is 20.9. The van der Waals surface area contributed by atoms with Gasteiger partial charge in [0.2, 0.25) is 15.9 Å². The summed E-state index contributed by atoms with van der Waals surface area (Å²) in [5.74, 6) is -1.36. The zero-order valence-corrected chi connectivity index (χ0v) is 16.6. The van der Waals surface area contributed by atoms with Gasteiger partial charge < -0.3 is 5.32 Å². The third-order valence-electron chi connectivity index (χ3n) is 3.43. The molecule has 26 heavy (non-hydrogen) atoms. The van der Waals surface area contributed by atoms with E-state index in [2.05, 4.69) is 5.32 Å². The summed E-state index contributed by atoms with van der Waals surface area (Å²) in [5, 5.41) is 2.62. The summed E-state index contributed by atoms with van der Waals surface area (Å²) < 4.78 is 39.5. The molecular formula is C16H14Cl3FN2O3S. The molecule has 1 amide bonds. The molecule has 0 bridgehead atoms. The standard InChI is InChI=1S/C16H14Cl3FN2O3S/c1-2-22(26(24,25)10-6-7-14(20)13(19)8-10)9-15(23)21-16-11(17)4-3-5-12(16)18/h3-8H,2,9H2,1H3,(H,21,23). The Labute approximate surface area is 165 Å². The summed E-state index contributed by atoms with van der Waals surface area (Å²) in [6, 6.07) is 7.73. The average molecular weight is 440 g/mol. The summed E-state index contributed by atoms with van der Waals surface area (Å²) in [7, 11) is -4.04. The van der Waals surface area contributed by atoms with E-state index in [4.69, 9.17) is 34.8 Å². The van der Waals surface area contributed by atoms with E-state index in [0.717, 1.165) is 22.5 Å². The Morgan fingerprint density at radius 2 is 1.73 bits per heavy atom. The lowest BCUT2D eigenvalue weighted by molar-refractivity contribution is -0.116. The van der Waals surface area contributed by atoms with Gasteiger partial charge in [0.25, 0.3) is 0 Å². The first-order valence-electron chi connectivity index (χ1n) is 7.36. The molecule has 140 valence electrons. The van der Waals surface area contributed by atoms with Gasteiger partial charge in [-0.3, -0.25) is 4.79 Å². The Bertz CT molecular complexity index is 918. The van der Waals surface area contributed by atoms with Crippen LogP contribution >= 0.6 is 34.8 Å². The van der Waals surface area contributed by atoms with E-state index in [1.807, 2.05) is 0 Å². The predicted molar refractivity (Wildman–Crippen MR) is 101 cm³/mol. The number of halogens is 4. The fourth-order valence-corrected chi connectivity index (χ4v) is 4.28. The Morgan fingerprint density at radius 3 is 2.27 bits per heavy atom. The van der Waals surface area contributed by atoms with Crippen LogP contribution in [0.15, 0.2) is 41.3 Å². The molecule has 0 saturated carbocycles. The number of anilines is 1. The van der Waals surface area contributed by atoms with Crippen LogP contribution in [0, 0.1) is 5.82 Å². The predicted octanol–water partition coefficient (Wildman–Crippen LogP) is 4.44. The van der Waals surface area contributed by atoms with Crippen LogP contribution in [0.5, 0.6) is 0 Å². The summed E-state index contributed by atoms with van der Waals surface area (Å²) >= 11 is 17.6. The van der Waals surface area contributed by atoms with E-state index in [9.17, 15) is 17.6 Å². The molecule has 2 aromatic rings. The third kappa shape index (κ3) is 4.66. The largest absolute Gasteiger partial charge is 0.322 e. The molecule has 0 radical (unpaired) electrons. The van der Waals surface area contributed by atoms with Crippen LogP contribution in [-0.4, -0.2) is 31.7 Å². The molecule has 0 aliphatic heterocycles. The van der Waals surface area contributed by atoms with Crippen molar-refractivity contribution in [2.45, 2.75) is 11.8 Å². The highest BCUT2D eigenvalue weighted by Crippen LogP contribution is 2.30. The van der Waals surface area contributed by atoms with Gasteiger partial charge in [0.05, 0.1) is 32.2 Å². The quantitative estimate of drug-likeness (QED) is 0.724. The van der Waals surface area contributed by atoms with Crippen molar-refractivity contribution in [3.63, 3.8) is 0 Å². The summed E-state index contributed by atoms with van der Waals surface area (Å²) in [4.78, 5) is 12.1. The highest BCUT2D eigenvalue weighted by molar-refractivity contribution is 7.89. The smallest absolute Gasteiger partial charge is 0.243 e. The molecule has 0 unspecified atom stereocenters. The first-order chi connectivity index (χ1) is 12.2. The molecule has 0 aromatic heterocycles. The number of benzene rings is 2. The molecule has 0 atom stereocenters. The zero-order chi connectivity index (χ0) is 19.5. The van der Waals surface area contributed by atoms with Crippen molar-refractivity contribution in [2.75, 3.05) is 18.4 Å². The number of hydrogen-bond donors (Lipinski definition) is 1. The average Bonchev–Trinajstić information content (AvgIpc) is 2.58. The molecule has 0 spiro atoms. The van der Waals surface area contributed by atoms with Crippen LogP contribution in [0.1, 0.15) is 6.92 Å². The van der Waals surface area contributed by atoms with Crippen molar-refractivity contribution in [3.8, 4) is 0 Å². The Morgan fingerprint density at radius 1 is 1.12 bits per heavy atom. The Kier molecular flexibility index (Phi) is 6.87. The van der Waals surface area contributed by atoms with Gasteiger partial charge in [-0.1, -0.05) is 47.8 Å². The van der Waals surface area contributed by atoms with Gasteiger partial charge in [-0.05, 0) is 30.3 Å². The van der Waals surface area contributed by atoms with Gasteiger partial charge >= 0.3 is 0 Å². The van der Waals surface area contributed by atoms with Gasteiger partial charge in [-0.2, -0.15) is 4.31 Å². The lowest BCUT2D eigenvalue weighted by Gasteiger charge is -2.20. The number of rotatable bonds is 6. The minimum atomic E-state index is -4.04. The molecule has 5 nitrogen and oxygen atoms in total. The Balaban J connectivity index is 2.22. The van der Waals surface area contributed by atoms with E-state index >= 15 is 0 Å². The monoisotopic (exact) mass is 438 g/mol. The van der Waals surface area contributed by atoms with Crippen molar-refractivity contribution >= 4 is 56.4 Å². The van der Waals surface area contributed by atoms with Gasteiger partial charge in [0.15, 0.2) is 0 Å². The van der Waals surface area contributed by atoms with Crippen LogP contribution < -0.4 is 5.32 Å². The fourth-order valence-electron chi connectivity index (χ4n) is 2.11. The molecule has 0 fully saturated rings. The number of carbonyl (C=O) groups is 1. The molecule has 0 heterocycles. The van der Waals surface area contributed by atoms with Crippen molar-refractivity contribution in [1.82, 2.24) is 4.31 Å². The lowest BCUT2D eigenvalue weighted by atomic mass is 10.3. The summed E-state index contributed by atoms with van der Waals surface area (Å²) in [5.41, 5.74) is 0.194. The van der Waals surface area contributed by atoms with Crippen LogP contribution in [0.2, 0.25) is 15.1 Å². The lowest BCUT2D eigenvalue weighted by Crippen LogP contribution is -2.37. The van der Waals surface area contributed by atoms with Gasteiger partial charge in [0, 0.05) is 6.54 Å². The molecule has 0 saturated heterocycles. The number of likely N-dealkylation sites (N-methyl/N-ethyl adjacent to an activating group) is 1. The van der Waals surface area contributed by atoms with Crippen LogP contribution in [0.25, 0.3) is 0 Å². The second-order valence-corrected chi connectivity index (χ2v) is 8.31. The summed E-state index contributed by atoms with van der Waals surface area (Å²) in [6.45, 7) is 1.11. The number of nitrogens with zero attached hydrogens (tertiary/aromatic N) is 1. The number of carbonyl (C=O) groups excluding carboxylic acids is 1. The topological polar surface area (TPSA) is 66.5 Å². The van der Waals surface area contributed by atoms with E-state index in [1.165, 1.54) is 12.1 Å². The number of hydrogen-bond acceptors (Lipinski definition) is 3. The summed E-state index contributed by atoms with van der Waals surface area (Å²) in [6.07, 6.45) is 0.